The molecule has 2 unspecified atom stereocenters. The minimum atomic E-state index is 0.236. The van der Waals surface area contributed by atoms with E-state index in [1.165, 1.54) is 0 Å². The van der Waals surface area contributed by atoms with Gasteiger partial charge in [-0.25, -0.2) is 0 Å². The zero-order chi connectivity index (χ0) is 12.3. The second kappa shape index (κ2) is 5.67. The molecule has 0 radical (unpaired) electrons. The first-order valence-electron chi connectivity index (χ1n) is 6.25. The van der Waals surface area contributed by atoms with Crippen LogP contribution in [0.3, 0.4) is 0 Å². The molecule has 1 aromatic heterocycles. The number of ether oxygens (including phenoxy) is 1. The molecule has 1 saturated heterocycles. The van der Waals surface area contributed by atoms with E-state index in [9.17, 15) is 0 Å². The number of morpholine rings is 1. The van der Waals surface area contributed by atoms with E-state index in [-0.39, 0.29) is 12.1 Å². The van der Waals surface area contributed by atoms with Gasteiger partial charge in [0, 0.05) is 19.6 Å². The molecular formula is C13H22N2O2. The molecule has 0 saturated carbocycles. The third kappa shape index (κ3) is 3.56. The molecule has 2 rings (SSSR count). The Morgan fingerprint density at radius 1 is 1.53 bits per heavy atom. The molecule has 1 aromatic rings. The van der Waals surface area contributed by atoms with Crippen LogP contribution >= 0.6 is 0 Å². The molecule has 4 heteroatoms. The summed E-state index contributed by atoms with van der Waals surface area (Å²) in [5, 5.41) is 3.46. The molecule has 1 aliphatic heterocycles. The minimum absolute atomic E-state index is 0.236. The predicted octanol–water partition coefficient (Wildman–Crippen LogP) is 1.57. The normalized spacial score (nSPS) is 23.8. The Kier molecular flexibility index (Phi) is 4.20. The second-order valence-electron chi connectivity index (χ2n) is 4.83. The average Bonchev–Trinajstić information content (AvgIpc) is 2.73. The van der Waals surface area contributed by atoms with E-state index >= 15 is 0 Å². The third-order valence-corrected chi connectivity index (χ3v) is 3.18. The largest absolute Gasteiger partial charge is 0.465 e. The van der Waals surface area contributed by atoms with Crippen molar-refractivity contribution in [3.8, 4) is 0 Å². The molecule has 96 valence electrons. The van der Waals surface area contributed by atoms with Gasteiger partial charge in [-0.3, -0.25) is 0 Å². The van der Waals surface area contributed by atoms with Crippen LogP contribution < -0.4 is 5.32 Å². The first-order chi connectivity index (χ1) is 8.15. The molecule has 0 bridgehead atoms. The molecule has 0 amide bonds. The number of rotatable bonds is 4. The molecule has 2 heterocycles. The summed E-state index contributed by atoms with van der Waals surface area (Å²) in [6.07, 6.45) is 0.284. The van der Waals surface area contributed by atoms with E-state index in [0.717, 1.165) is 37.8 Å². The fraction of sp³-hybridized carbons (Fsp3) is 0.692. The molecule has 0 spiro atoms. The molecule has 0 aromatic carbocycles. The van der Waals surface area contributed by atoms with E-state index in [2.05, 4.69) is 24.2 Å². The first kappa shape index (κ1) is 12.6. The van der Waals surface area contributed by atoms with Gasteiger partial charge in [0.2, 0.25) is 0 Å². The number of likely N-dealkylation sites (N-methyl/N-ethyl adjacent to an activating group) is 1. The number of nitrogens with zero attached hydrogens (tertiary/aromatic N) is 1. The summed E-state index contributed by atoms with van der Waals surface area (Å²) in [7, 11) is 2.13. The Bertz CT molecular complexity index is 351. The fourth-order valence-corrected chi connectivity index (χ4v) is 2.09. The number of hydrogen-bond acceptors (Lipinski definition) is 4. The van der Waals surface area contributed by atoms with E-state index in [1.807, 2.05) is 19.1 Å². The fourth-order valence-electron chi connectivity index (χ4n) is 2.09. The lowest BCUT2D eigenvalue weighted by Gasteiger charge is -2.30. The van der Waals surface area contributed by atoms with Crippen molar-refractivity contribution in [2.24, 2.45) is 0 Å². The van der Waals surface area contributed by atoms with Gasteiger partial charge in [0.25, 0.3) is 0 Å². The Labute approximate surface area is 103 Å². The lowest BCUT2D eigenvalue weighted by atomic mass is 10.2. The Hall–Kier alpha value is -0.840. The highest BCUT2D eigenvalue weighted by atomic mass is 16.5. The van der Waals surface area contributed by atoms with Crippen LogP contribution in [0.15, 0.2) is 16.5 Å². The van der Waals surface area contributed by atoms with Crippen molar-refractivity contribution in [3.05, 3.63) is 23.7 Å². The minimum Gasteiger partial charge on any atom is -0.465 e. The SMILES string of the molecule is Cc1ccc(C(C)NCC2CN(C)CCO2)o1. The van der Waals surface area contributed by atoms with Crippen LogP contribution in [0.5, 0.6) is 0 Å². The number of nitrogens with one attached hydrogen (secondary N) is 1. The van der Waals surface area contributed by atoms with Crippen molar-refractivity contribution in [1.29, 1.82) is 0 Å². The molecule has 2 atom stereocenters. The molecule has 0 aliphatic carbocycles. The van der Waals surface area contributed by atoms with Crippen LogP contribution in [-0.2, 0) is 4.74 Å². The Balaban J connectivity index is 1.77. The summed E-state index contributed by atoms with van der Waals surface area (Å²) in [6.45, 7) is 7.81. The van der Waals surface area contributed by atoms with Crippen molar-refractivity contribution in [1.82, 2.24) is 10.2 Å². The van der Waals surface area contributed by atoms with Crippen molar-refractivity contribution < 1.29 is 9.15 Å². The van der Waals surface area contributed by atoms with Gasteiger partial charge < -0.3 is 19.4 Å². The van der Waals surface area contributed by atoms with Crippen LogP contribution in [0.1, 0.15) is 24.5 Å². The average molecular weight is 238 g/mol. The summed E-state index contributed by atoms with van der Waals surface area (Å²) < 4.78 is 11.3. The lowest BCUT2D eigenvalue weighted by molar-refractivity contribution is -0.0193. The van der Waals surface area contributed by atoms with Gasteiger partial charge >= 0.3 is 0 Å². The third-order valence-electron chi connectivity index (χ3n) is 3.18. The van der Waals surface area contributed by atoms with Gasteiger partial charge in [-0.2, -0.15) is 0 Å². The Morgan fingerprint density at radius 2 is 2.35 bits per heavy atom. The number of furan rings is 1. The monoisotopic (exact) mass is 238 g/mol. The highest BCUT2D eigenvalue weighted by Crippen LogP contribution is 2.15. The molecule has 1 N–H and O–H groups in total. The maximum absolute atomic E-state index is 5.71. The summed E-state index contributed by atoms with van der Waals surface area (Å²) in [5.41, 5.74) is 0. The van der Waals surface area contributed by atoms with E-state index in [4.69, 9.17) is 9.15 Å². The van der Waals surface area contributed by atoms with Gasteiger partial charge in [0.15, 0.2) is 0 Å². The van der Waals surface area contributed by atoms with Gasteiger partial charge in [-0.15, -0.1) is 0 Å². The molecule has 4 nitrogen and oxygen atoms in total. The van der Waals surface area contributed by atoms with Crippen LogP contribution in [0.2, 0.25) is 0 Å². The summed E-state index contributed by atoms with van der Waals surface area (Å²) in [5.74, 6) is 1.95. The van der Waals surface area contributed by atoms with Crippen LogP contribution in [-0.4, -0.2) is 44.3 Å². The predicted molar refractivity (Wildman–Crippen MR) is 67.1 cm³/mol. The van der Waals surface area contributed by atoms with Crippen molar-refractivity contribution in [2.45, 2.75) is 26.0 Å². The highest BCUT2D eigenvalue weighted by molar-refractivity contribution is 5.08. The summed E-state index contributed by atoms with van der Waals surface area (Å²) in [4.78, 5) is 2.30. The molecular weight excluding hydrogens is 216 g/mol. The summed E-state index contributed by atoms with van der Waals surface area (Å²) >= 11 is 0. The topological polar surface area (TPSA) is 37.6 Å². The second-order valence-corrected chi connectivity index (χ2v) is 4.83. The highest BCUT2D eigenvalue weighted by Gasteiger charge is 2.18. The lowest BCUT2D eigenvalue weighted by Crippen LogP contribution is -2.45. The standard InChI is InChI=1S/C13H22N2O2/c1-10-4-5-13(17-10)11(2)14-8-12-9-15(3)6-7-16-12/h4-5,11-12,14H,6-9H2,1-3H3. The van der Waals surface area contributed by atoms with Gasteiger partial charge in [-0.1, -0.05) is 0 Å². The number of aryl methyl sites for hydroxylation is 1. The van der Waals surface area contributed by atoms with Crippen LogP contribution in [0.25, 0.3) is 0 Å². The van der Waals surface area contributed by atoms with E-state index < -0.39 is 0 Å². The zero-order valence-electron chi connectivity index (χ0n) is 10.9. The van der Waals surface area contributed by atoms with E-state index in [1.54, 1.807) is 0 Å². The molecule has 1 fully saturated rings. The van der Waals surface area contributed by atoms with Gasteiger partial charge in [-0.05, 0) is 33.0 Å². The summed E-state index contributed by atoms with van der Waals surface area (Å²) in [6, 6.07) is 4.26. The molecule has 17 heavy (non-hydrogen) atoms. The smallest absolute Gasteiger partial charge is 0.120 e. The first-order valence-corrected chi connectivity index (χ1v) is 6.25. The zero-order valence-corrected chi connectivity index (χ0v) is 10.9. The van der Waals surface area contributed by atoms with E-state index in [0.29, 0.717) is 0 Å². The van der Waals surface area contributed by atoms with Crippen LogP contribution in [0.4, 0.5) is 0 Å². The quantitative estimate of drug-likeness (QED) is 0.864. The molecule has 1 aliphatic rings. The maximum Gasteiger partial charge on any atom is 0.120 e. The Morgan fingerprint density at radius 3 is 3.00 bits per heavy atom. The number of hydrogen-bond donors (Lipinski definition) is 1. The maximum atomic E-state index is 5.71. The van der Waals surface area contributed by atoms with Gasteiger partial charge in [0.05, 0.1) is 18.8 Å². The van der Waals surface area contributed by atoms with Crippen molar-refractivity contribution >= 4 is 0 Å². The van der Waals surface area contributed by atoms with Gasteiger partial charge in [0.1, 0.15) is 11.5 Å². The van der Waals surface area contributed by atoms with Crippen molar-refractivity contribution in [2.75, 3.05) is 33.3 Å². The van der Waals surface area contributed by atoms with Crippen molar-refractivity contribution in [3.63, 3.8) is 0 Å². The van der Waals surface area contributed by atoms with Crippen LogP contribution in [0, 0.1) is 6.92 Å².